The lowest BCUT2D eigenvalue weighted by molar-refractivity contribution is -0.149. The normalized spacial score (nSPS) is 37.1. The topological polar surface area (TPSA) is 21.3 Å². The molecule has 122 valence electrons. The summed E-state index contributed by atoms with van der Waals surface area (Å²) in [4.78, 5) is 0. The highest BCUT2D eigenvalue weighted by atomic mass is 16.5. The van der Waals surface area contributed by atoms with Gasteiger partial charge in [0.2, 0.25) is 0 Å². The van der Waals surface area contributed by atoms with Crippen LogP contribution in [-0.4, -0.2) is 24.8 Å². The van der Waals surface area contributed by atoms with Gasteiger partial charge in [-0.1, -0.05) is 26.7 Å². The fourth-order valence-corrected chi connectivity index (χ4v) is 4.97. The lowest BCUT2D eigenvalue weighted by atomic mass is 9.67. The largest absolute Gasteiger partial charge is 0.375 e. The Morgan fingerprint density at radius 3 is 2.48 bits per heavy atom. The zero-order chi connectivity index (χ0) is 14.7. The molecule has 2 unspecified atom stereocenters. The van der Waals surface area contributed by atoms with E-state index in [2.05, 4.69) is 19.2 Å². The van der Waals surface area contributed by atoms with Crippen molar-refractivity contribution in [3.8, 4) is 0 Å². The first-order chi connectivity index (χ1) is 10.2. The summed E-state index contributed by atoms with van der Waals surface area (Å²) >= 11 is 0. The SMILES string of the molecule is CCCNC(C1CCC(C)CC1)C1CCOC2(CCC2)C1. The van der Waals surface area contributed by atoms with Crippen LogP contribution in [0.5, 0.6) is 0 Å². The zero-order valence-corrected chi connectivity index (χ0v) is 14.2. The first kappa shape index (κ1) is 15.8. The molecule has 2 atom stereocenters. The molecule has 0 aromatic heterocycles. The molecule has 0 radical (unpaired) electrons. The fraction of sp³-hybridized carbons (Fsp3) is 1.00. The average molecular weight is 293 g/mol. The van der Waals surface area contributed by atoms with Crippen LogP contribution in [0.25, 0.3) is 0 Å². The molecule has 2 nitrogen and oxygen atoms in total. The third kappa shape index (κ3) is 3.64. The molecule has 0 amide bonds. The Balaban J connectivity index is 1.63. The third-order valence-corrected chi connectivity index (χ3v) is 6.50. The maximum absolute atomic E-state index is 6.16. The molecule has 1 N–H and O–H groups in total. The molecule has 1 saturated heterocycles. The van der Waals surface area contributed by atoms with Gasteiger partial charge in [-0.15, -0.1) is 0 Å². The molecule has 0 aromatic carbocycles. The van der Waals surface area contributed by atoms with E-state index in [1.165, 1.54) is 70.8 Å². The standard InChI is InChI=1S/C19H35NO/c1-3-12-20-18(16-7-5-15(2)6-8-16)17-9-13-21-19(14-17)10-4-11-19/h15-18,20H,3-14H2,1-2H3. The molecule has 0 bridgehead atoms. The first-order valence-corrected chi connectivity index (χ1v) is 9.60. The van der Waals surface area contributed by atoms with Crippen LogP contribution in [0.4, 0.5) is 0 Å². The van der Waals surface area contributed by atoms with Crippen LogP contribution in [0.3, 0.4) is 0 Å². The van der Waals surface area contributed by atoms with Crippen molar-refractivity contribution in [2.75, 3.05) is 13.2 Å². The monoisotopic (exact) mass is 293 g/mol. The lowest BCUT2D eigenvalue weighted by Crippen LogP contribution is -2.52. The predicted molar refractivity (Wildman–Crippen MR) is 88.5 cm³/mol. The molecular weight excluding hydrogens is 258 g/mol. The second-order valence-electron chi connectivity index (χ2n) is 8.14. The van der Waals surface area contributed by atoms with Crippen molar-refractivity contribution in [1.82, 2.24) is 5.32 Å². The van der Waals surface area contributed by atoms with Crippen molar-refractivity contribution in [2.45, 2.75) is 89.7 Å². The van der Waals surface area contributed by atoms with Gasteiger partial charge in [0.05, 0.1) is 5.60 Å². The van der Waals surface area contributed by atoms with E-state index < -0.39 is 0 Å². The number of nitrogens with one attached hydrogen (secondary N) is 1. The quantitative estimate of drug-likeness (QED) is 0.804. The van der Waals surface area contributed by atoms with Crippen LogP contribution < -0.4 is 5.32 Å². The number of ether oxygens (including phenoxy) is 1. The Hall–Kier alpha value is -0.0800. The van der Waals surface area contributed by atoms with Crippen LogP contribution in [0.15, 0.2) is 0 Å². The van der Waals surface area contributed by atoms with Crippen LogP contribution in [0, 0.1) is 17.8 Å². The fourth-order valence-electron chi connectivity index (χ4n) is 4.97. The molecule has 1 aliphatic heterocycles. The van der Waals surface area contributed by atoms with Crippen LogP contribution >= 0.6 is 0 Å². The van der Waals surface area contributed by atoms with E-state index in [-0.39, 0.29) is 0 Å². The minimum Gasteiger partial charge on any atom is -0.375 e. The van der Waals surface area contributed by atoms with Gasteiger partial charge in [0.15, 0.2) is 0 Å². The average Bonchev–Trinajstić information content (AvgIpc) is 2.48. The lowest BCUT2D eigenvalue weighted by Gasteiger charge is -2.50. The number of hydrogen-bond acceptors (Lipinski definition) is 2. The van der Waals surface area contributed by atoms with Crippen molar-refractivity contribution >= 4 is 0 Å². The predicted octanol–water partition coefficient (Wildman–Crippen LogP) is 4.53. The molecule has 3 rings (SSSR count). The van der Waals surface area contributed by atoms with E-state index in [1.54, 1.807) is 0 Å². The molecule has 2 saturated carbocycles. The Labute approximate surface area is 131 Å². The first-order valence-electron chi connectivity index (χ1n) is 9.60. The van der Waals surface area contributed by atoms with Crippen molar-refractivity contribution in [1.29, 1.82) is 0 Å². The molecule has 2 heteroatoms. The van der Waals surface area contributed by atoms with Crippen molar-refractivity contribution in [3.63, 3.8) is 0 Å². The van der Waals surface area contributed by atoms with Crippen LogP contribution in [-0.2, 0) is 4.74 Å². The maximum Gasteiger partial charge on any atom is 0.0685 e. The Kier molecular flexibility index (Phi) is 5.27. The van der Waals surface area contributed by atoms with Gasteiger partial charge in [-0.25, -0.2) is 0 Å². The Morgan fingerprint density at radius 1 is 1.10 bits per heavy atom. The van der Waals surface area contributed by atoms with Gasteiger partial charge in [0.1, 0.15) is 0 Å². The maximum atomic E-state index is 6.16. The number of rotatable bonds is 5. The molecular formula is C19H35NO. The number of hydrogen-bond donors (Lipinski definition) is 1. The van der Waals surface area contributed by atoms with E-state index in [1.807, 2.05) is 0 Å². The van der Waals surface area contributed by atoms with Crippen LogP contribution in [0.2, 0.25) is 0 Å². The van der Waals surface area contributed by atoms with E-state index in [0.717, 1.165) is 30.4 Å². The zero-order valence-electron chi connectivity index (χ0n) is 14.2. The third-order valence-electron chi connectivity index (χ3n) is 6.50. The summed E-state index contributed by atoms with van der Waals surface area (Å²) in [5, 5.41) is 3.95. The summed E-state index contributed by atoms with van der Waals surface area (Å²) in [6, 6.07) is 0.763. The molecule has 3 fully saturated rings. The van der Waals surface area contributed by atoms with Gasteiger partial charge >= 0.3 is 0 Å². The van der Waals surface area contributed by atoms with Gasteiger partial charge in [0, 0.05) is 12.6 Å². The van der Waals surface area contributed by atoms with Gasteiger partial charge in [0.25, 0.3) is 0 Å². The van der Waals surface area contributed by atoms with Gasteiger partial charge in [-0.05, 0) is 75.7 Å². The minimum atomic E-state index is 0.303. The molecule has 1 heterocycles. The second-order valence-corrected chi connectivity index (χ2v) is 8.14. The molecule has 3 aliphatic rings. The van der Waals surface area contributed by atoms with Gasteiger partial charge in [-0.3, -0.25) is 0 Å². The van der Waals surface area contributed by atoms with E-state index in [4.69, 9.17) is 4.74 Å². The van der Waals surface area contributed by atoms with Gasteiger partial charge in [-0.2, -0.15) is 0 Å². The minimum absolute atomic E-state index is 0.303. The molecule has 2 aliphatic carbocycles. The molecule has 1 spiro atoms. The van der Waals surface area contributed by atoms with E-state index in [9.17, 15) is 0 Å². The summed E-state index contributed by atoms with van der Waals surface area (Å²) in [6.07, 6.45) is 13.7. The van der Waals surface area contributed by atoms with Crippen molar-refractivity contribution in [3.05, 3.63) is 0 Å². The molecule has 21 heavy (non-hydrogen) atoms. The van der Waals surface area contributed by atoms with Crippen molar-refractivity contribution in [2.24, 2.45) is 17.8 Å². The summed E-state index contributed by atoms with van der Waals surface area (Å²) in [5.74, 6) is 2.75. The summed E-state index contributed by atoms with van der Waals surface area (Å²) in [7, 11) is 0. The Morgan fingerprint density at radius 2 is 1.86 bits per heavy atom. The molecule has 0 aromatic rings. The summed E-state index contributed by atoms with van der Waals surface area (Å²) < 4.78 is 6.16. The Bertz CT molecular complexity index is 318. The van der Waals surface area contributed by atoms with Crippen molar-refractivity contribution < 1.29 is 4.74 Å². The highest BCUT2D eigenvalue weighted by Gasteiger charge is 2.45. The van der Waals surface area contributed by atoms with E-state index in [0.29, 0.717) is 5.60 Å². The highest BCUT2D eigenvalue weighted by molar-refractivity contribution is 4.98. The smallest absolute Gasteiger partial charge is 0.0685 e. The summed E-state index contributed by atoms with van der Waals surface area (Å²) in [5.41, 5.74) is 0.303. The highest BCUT2D eigenvalue weighted by Crippen LogP contribution is 2.46. The summed E-state index contributed by atoms with van der Waals surface area (Å²) in [6.45, 7) is 6.94. The second kappa shape index (κ2) is 7.00. The van der Waals surface area contributed by atoms with Crippen LogP contribution in [0.1, 0.15) is 78.1 Å². The van der Waals surface area contributed by atoms with Gasteiger partial charge < -0.3 is 10.1 Å². The van der Waals surface area contributed by atoms with E-state index >= 15 is 0 Å².